The molecular weight excluding hydrogens is 158 g/mol. The number of carbonyl (C=O) groups excluding carboxylic acids is 2. The predicted molar refractivity (Wildman–Crippen MR) is 42.2 cm³/mol. The van der Waals surface area contributed by atoms with Crippen LogP contribution in [-0.2, 0) is 9.59 Å². The lowest BCUT2D eigenvalue weighted by atomic mass is 10.1. The van der Waals surface area contributed by atoms with Crippen LogP contribution in [0.5, 0.6) is 0 Å². The Kier molecular flexibility index (Phi) is 2.02. The molecule has 0 aromatic heterocycles. The van der Waals surface area contributed by atoms with Crippen LogP contribution in [0.4, 0.5) is 0 Å². The summed E-state index contributed by atoms with van der Waals surface area (Å²) in [6.45, 7) is 3.04. The van der Waals surface area contributed by atoms with Crippen LogP contribution in [0.25, 0.3) is 0 Å². The van der Waals surface area contributed by atoms with E-state index in [4.69, 9.17) is 5.11 Å². The van der Waals surface area contributed by atoms with E-state index in [2.05, 4.69) is 0 Å². The summed E-state index contributed by atoms with van der Waals surface area (Å²) >= 11 is 0. The molecule has 1 aliphatic heterocycles. The van der Waals surface area contributed by atoms with Gasteiger partial charge in [0.15, 0.2) is 0 Å². The largest absolute Gasteiger partial charge is 0.394 e. The molecule has 12 heavy (non-hydrogen) atoms. The van der Waals surface area contributed by atoms with Crippen molar-refractivity contribution in [3.05, 3.63) is 12.2 Å². The van der Waals surface area contributed by atoms with Gasteiger partial charge in [0.05, 0.1) is 12.1 Å². The zero-order chi connectivity index (χ0) is 9.35. The second-order valence-corrected chi connectivity index (χ2v) is 3.32. The molecule has 2 amide bonds. The SMILES string of the molecule is CC(C)(CO)N1C(=O)C=CC1=O. The fourth-order valence-corrected chi connectivity index (χ4v) is 1.07. The van der Waals surface area contributed by atoms with Crippen LogP contribution in [-0.4, -0.2) is 34.0 Å². The molecule has 0 radical (unpaired) electrons. The molecular formula is C8H11NO3. The molecule has 0 aliphatic carbocycles. The molecule has 66 valence electrons. The Morgan fingerprint density at radius 2 is 1.75 bits per heavy atom. The van der Waals surface area contributed by atoms with Crippen LogP contribution in [0, 0.1) is 0 Å². The molecule has 0 fully saturated rings. The Labute approximate surface area is 70.5 Å². The lowest BCUT2D eigenvalue weighted by Gasteiger charge is -2.31. The zero-order valence-corrected chi connectivity index (χ0v) is 7.07. The third-order valence-corrected chi connectivity index (χ3v) is 1.80. The summed E-state index contributed by atoms with van der Waals surface area (Å²) in [5.74, 6) is -0.724. The fourth-order valence-electron chi connectivity index (χ4n) is 1.07. The van der Waals surface area contributed by atoms with Gasteiger partial charge in [0, 0.05) is 12.2 Å². The molecule has 0 unspecified atom stereocenters. The second-order valence-electron chi connectivity index (χ2n) is 3.32. The monoisotopic (exact) mass is 169 g/mol. The quantitative estimate of drug-likeness (QED) is 0.576. The van der Waals surface area contributed by atoms with E-state index in [1.807, 2.05) is 0 Å². The first-order chi connectivity index (χ1) is 5.49. The highest BCUT2D eigenvalue weighted by Gasteiger charge is 2.36. The molecule has 0 spiro atoms. The average Bonchev–Trinajstić information content (AvgIpc) is 2.31. The first-order valence-corrected chi connectivity index (χ1v) is 3.66. The van der Waals surface area contributed by atoms with Crippen LogP contribution >= 0.6 is 0 Å². The molecule has 0 bridgehead atoms. The third-order valence-electron chi connectivity index (χ3n) is 1.80. The smallest absolute Gasteiger partial charge is 0.254 e. The normalized spacial score (nSPS) is 17.8. The minimum absolute atomic E-state index is 0.230. The van der Waals surface area contributed by atoms with Crippen molar-refractivity contribution >= 4 is 11.8 Å². The molecule has 0 atom stereocenters. The first kappa shape index (κ1) is 8.93. The van der Waals surface area contributed by atoms with Crippen molar-refractivity contribution < 1.29 is 14.7 Å². The summed E-state index contributed by atoms with van der Waals surface area (Å²) in [7, 11) is 0. The van der Waals surface area contributed by atoms with Crippen molar-refractivity contribution in [3.63, 3.8) is 0 Å². The van der Waals surface area contributed by atoms with E-state index in [1.54, 1.807) is 13.8 Å². The van der Waals surface area contributed by atoms with Crippen molar-refractivity contribution in [1.82, 2.24) is 4.90 Å². The van der Waals surface area contributed by atoms with Crippen molar-refractivity contribution in [3.8, 4) is 0 Å². The van der Waals surface area contributed by atoms with Crippen molar-refractivity contribution in [2.75, 3.05) is 6.61 Å². The van der Waals surface area contributed by atoms with Crippen LogP contribution in [0.1, 0.15) is 13.8 Å². The molecule has 0 aromatic carbocycles. The van der Waals surface area contributed by atoms with Gasteiger partial charge in [-0.3, -0.25) is 14.5 Å². The highest BCUT2D eigenvalue weighted by Crippen LogP contribution is 2.18. The van der Waals surface area contributed by atoms with Gasteiger partial charge in [-0.1, -0.05) is 0 Å². The Balaban J connectivity index is 2.90. The van der Waals surface area contributed by atoms with E-state index in [1.165, 1.54) is 12.2 Å². The molecule has 1 aliphatic rings. The fraction of sp³-hybridized carbons (Fsp3) is 0.500. The second kappa shape index (κ2) is 2.71. The van der Waals surface area contributed by atoms with Crippen LogP contribution in [0.3, 0.4) is 0 Å². The van der Waals surface area contributed by atoms with E-state index in [0.717, 1.165) is 4.90 Å². The summed E-state index contributed by atoms with van der Waals surface area (Å²) in [6.07, 6.45) is 2.42. The zero-order valence-electron chi connectivity index (χ0n) is 7.07. The lowest BCUT2D eigenvalue weighted by Crippen LogP contribution is -2.50. The van der Waals surface area contributed by atoms with Gasteiger partial charge < -0.3 is 5.11 Å². The van der Waals surface area contributed by atoms with Gasteiger partial charge in [0.2, 0.25) is 0 Å². The molecule has 0 aromatic rings. The number of imide groups is 1. The third kappa shape index (κ3) is 1.25. The molecule has 1 N–H and O–H groups in total. The maximum atomic E-state index is 11.1. The Morgan fingerprint density at radius 1 is 1.33 bits per heavy atom. The Hall–Kier alpha value is -1.16. The van der Waals surface area contributed by atoms with Gasteiger partial charge in [-0.2, -0.15) is 0 Å². The van der Waals surface area contributed by atoms with Gasteiger partial charge in [-0.05, 0) is 13.8 Å². The minimum Gasteiger partial charge on any atom is -0.394 e. The van der Waals surface area contributed by atoms with E-state index < -0.39 is 5.54 Å². The summed E-state index contributed by atoms with van der Waals surface area (Å²) in [5.41, 5.74) is -0.808. The summed E-state index contributed by atoms with van der Waals surface area (Å²) < 4.78 is 0. The minimum atomic E-state index is -0.808. The number of aliphatic hydroxyl groups is 1. The molecule has 4 heteroatoms. The topological polar surface area (TPSA) is 57.6 Å². The molecule has 4 nitrogen and oxygen atoms in total. The molecule has 0 saturated carbocycles. The number of rotatable bonds is 2. The van der Waals surface area contributed by atoms with E-state index >= 15 is 0 Å². The van der Waals surface area contributed by atoms with Gasteiger partial charge in [0.25, 0.3) is 11.8 Å². The van der Waals surface area contributed by atoms with Gasteiger partial charge in [0.1, 0.15) is 0 Å². The maximum absolute atomic E-state index is 11.1. The summed E-state index contributed by atoms with van der Waals surface area (Å²) in [6, 6.07) is 0. The summed E-state index contributed by atoms with van der Waals surface area (Å²) in [5, 5.41) is 8.92. The van der Waals surface area contributed by atoms with Gasteiger partial charge in [-0.25, -0.2) is 0 Å². The van der Waals surface area contributed by atoms with E-state index in [-0.39, 0.29) is 18.4 Å². The Morgan fingerprint density at radius 3 is 2.08 bits per heavy atom. The molecule has 1 heterocycles. The van der Waals surface area contributed by atoms with Crippen molar-refractivity contribution in [2.24, 2.45) is 0 Å². The van der Waals surface area contributed by atoms with Gasteiger partial charge in [-0.15, -0.1) is 0 Å². The summed E-state index contributed by atoms with van der Waals surface area (Å²) in [4.78, 5) is 23.2. The van der Waals surface area contributed by atoms with Crippen molar-refractivity contribution in [2.45, 2.75) is 19.4 Å². The Bertz CT molecular complexity index is 237. The van der Waals surface area contributed by atoms with Crippen molar-refractivity contribution in [1.29, 1.82) is 0 Å². The van der Waals surface area contributed by atoms with E-state index in [0.29, 0.717) is 0 Å². The standard InChI is InChI=1S/C8H11NO3/c1-8(2,5-10)9-6(11)3-4-7(9)12/h3-4,10H,5H2,1-2H3. The van der Waals surface area contributed by atoms with Crippen LogP contribution < -0.4 is 0 Å². The van der Waals surface area contributed by atoms with Crippen LogP contribution in [0.2, 0.25) is 0 Å². The predicted octanol–water partition coefficient (Wildman–Crippen LogP) is -0.318. The average molecular weight is 169 g/mol. The maximum Gasteiger partial charge on any atom is 0.254 e. The molecule has 0 saturated heterocycles. The van der Waals surface area contributed by atoms with Crippen LogP contribution in [0.15, 0.2) is 12.2 Å². The molecule has 1 rings (SSSR count). The highest BCUT2D eigenvalue weighted by atomic mass is 16.3. The van der Waals surface area contributed by atoms with Gasteiger partial charge >= 0.3 is 0 Å². The first-order valence-electron chi connectivity index (χ1n) is 3.66. The number of nitrogens with zero attached hydrogens (tertiary/aromatic N) is 1. The number of carbonyl (C=O) groups is 2. The lowest BCUT2D eigenvalue weighted by molar-refractivity contribution is -0.144. The number of hydrogen-bond acceptors (Lipinski definition) is 3. The van der Waals surface area contributed by atoms with E-state index in [9.17, 15) is 9.59 Å². The number of hydrogen-bond donors (Lipinski definition) is 1. The number of amides is 2. The number of aliphatic hydroxyl groups excluding tert-OH is 1. The highest BCUT2D eigenvalue weighted by molar-refractivity contribution is 6.13.